The fourth-order valence-corrected chi connectivity index (χ4v) is 3.39. The molecule has 25 heavy (non-hydrogen) atoms. The lowest BCUT2D eigenvalue weighted by molar-refractivity contribution is -0.119. The van der Waals surface area contributed by atoms with E-state index >= 15 is 0 Å². The molecule has 6 nitrogen and oxygen atoms in total. The summed E-state index contributed by atoms with van der Waals surface area (Å²) < 4.78 is 0. The minimum atomic E-state index is -0.619. The van der Waals surface area contributed by atoms with Crippen LogP contribution in [0.3, 0.4) is 0 Å². The van der Waals surface area contributed by atoms with Gasteiger partial charge in [-0.05, 0) is 30.9 Å². The molecule has 1 fully saturated rings. The Hall–Kier alpha value is -2.28. The van der Waals surface area contributed by atoms with Gasteiger partial charge in [-0.15, -0.1) is 10.2 Å². The zero-order chi connectivity index (χ0) is 17.8. The molecule has 0 aliphatic heterocycles. The van der Waals surface area contributed by atoms with E-state index in [1.165, 1.54) is 11.3 Å². The molecular formula is C18H22N4O2S. The summed E-state index contributed by atoms with van der Waals surface area (Å²) in [6.45, 7) is 3.95. The Morgan fingerprint density at radius 1 is 1.24 bits per heavy atom. The van der Waals surface area contributed by atoms with Crippen molar-refractivity contribution >= 4 is 28.3 Å². The highest BCUT2D eigenvalue weighted by Crippen LogP contribution is 2.42. The highest BCUT2D eigenvalue weighted by Gasteiger charge is 2.30. The van der Waals surface area contributed by atoms with E-state index in [0.717, 1.165) is 24.3 Å². The summed E-state index contributed by atoms with van der Waals surface area (Å²) in [6, 6.07) is 8.29. The molecule has 1 saturated carbocycles. The van der Waals surface area contributed by atoms with Crippen LogP contribution in [0.4, 0.5) is 5.13 Å². The maximum Gasteiger partial charge on any atom is 0.251 e. The van der Waals surface area contributed by atoms with Crippen LogP contribution in [0.2, 0.25) is 0 Å². The molecule has 2 aromatic rings. The third-order valence-corrected chi connectivity index (χ3v) is 5.42. The Morgan fingerprint density at radius 3 is 2.60 bits per heavy atom. The lowest BCUT2D eigenvalue weighted by Crippen LogP contribution is -2.47. The number of amides is 2. The Morgan fingerprint density at radius 2 is 1.96 bits per heavy atom. The van der Waals surface area contributed by atoms with Crippen molar-refractivity contribution in [3.05, 3.63) is 40.9 Å². The molecule has 0 spiro atoms. The lowest BCUT2D eigenvalue weighted by Gasteiger charge is -2.23. The van der Waals surface area contributed by atoms with E-state index in [1.807, 2.05) is 19.9 Å². The third-order valence-electron chi connectivity index (χ3n) is 4.42. The van der Waals surface area contributed by atoms with E-state index in [1.54, 1.807) is 24.3 Å². The average Bonchev–Trinajstić information content (AvgIpc) is 3.39. The average molecular weight is 358 g/mol. The lowest BCUT2D eigenvalue weighted by atomic mass is 9.98. The number of carbonyl (C=O) groups excluding carboxylic acids is 2. The molecular weight excluding hydrogens is 336 g/mol. The van der Waals surface area contributed by atoms with E-state index in [4.69, 9.17) is 0 Å². The first-order valence-electron chi connectivity index (χ1n) is 8.58. The largest absolute Gasteiger partial charge is 0.340 e. The van der Waals surface area contributed by atoms with E-state index in [0.29, 0.717) is 16.6 Å². The normalized spacial score (nSPS) is 16.1. The molecule has 132 valence electrons. The van der Waals surface area contributed by atoms with Crippen LogP contribution in [-0.2, 0) is 4.79 Å². The van der Waals surface area contributed by atoms with Crippen molar-refractivity contribution in [1.29, 1.82) is 0 Å². The van der Waals surface area contributed by atoms with E-state index < -0.39 is 6.04 Å². The zero-order valence-electron chi connectivity index (χ0n) is 14.4. The summed E-state index contributed by atoms with van der Waals surface area (Å²) in [5.41, 5.74) is 0.538. The van der Waals surface area contributed by atoms with Gasteiger partial charge < -0.3 is 5.32 Å². The Labute approximate surface area is 151 Å². The minimum absolute atomic E-state index is 0.00323. The summed E-state index contributed by atoms with van der Waals surface area (Å²) in [6.07, 6.45) is 3.06. The molecule has 0 radical (unpaired) electrons. The highest BCUT2D eigenvalue weighted by molar-refractivity contribution is 7.15. The van der Waals surface area contributed by atoms with Gasteiger partial charge in [0.15, 0.2) is 0 Å². The summed E-state index contributed by atoms with van der Waals surface area (Å²) in [4.78, 5) is 25.1. The van der Waals surface area contributed by atoms with Gasteiger partial charge in [-0.2, -0.15) is 0 Å². The Bertz CT molecular complexity index is 743. The number of carbonyl (C=O) groups is 2. The zero-order valence-corrected chi connectivity index (χ0v) is 15.2. The summed E-state index contributed by atoms with van der Waals surface area (Å²) in [5, 5.41) is 15.3. The predicted molar refractivity (Wildman–Crippen MR) is 97.7 cm³/mol. The molecule has 2 unspecified atom stereocenters. The number of anilines is 1. The number of nitrogens with one attached hydrogen (secondary N) is 2. The molecule has 1 aromatic carbocycles. The van der Waals surface area contributed by atoms with Crippen molar-refractivity contribution in [3.63, 3.8) is 0 Å². The first-order valence-corrected chi connectivity index (χ1v) is 9.40. The van der Waals surface area contributed by atoms with Crippen LogP contribution in [0, 0.1) is 5.92 Å². The molecule has 7 heteroatoms. The van der Waals surface area contributed by atoms with Gasteiger partial charge >= 0.3 is 0 Å². The second-order valence-corrected chi connectivity index (χ2v) is 7.42. The number of hydrogen-bond donors (Lipinski definition) is 2. The smallest absolute Gasteiger partial charge is 0.251 e. The van der Waals surface area contributed by atoms with Crippen LogP contribution in [0.25, 0.3) is 0 Å². The van der Waals surface area contributed by atoms with E-state index in [-0.39, 0.29) is 17.7 Å². The quantitative estimate of drug-likeness (QED) is 0.796. The van der Waals surface area contributed by atoms with Crippen LogP contribution >= 0.6 is 11.3 Å². The van der Waals surface area contributed by atoms with Crippen LogP contribution in [0.5, 0.6) is 0 Å². The minimum Gasteiger partial charge on any atom is -0.340 e. The number of benzene rings is 1. The van der Waals surface area contributed by atoms with E-state index in [2.05, 4.69) is 20.8 Å². The van der Waals surface area contributed by atoms with Gasteiger partial charge in [0.05, 0.1) is 0 Å². The SMILES string of the molecule is CCC(C)C(NC(=O)c1ccccc1)C(=O)Nc1nnc(C2CC2)s1. The standard InChI is InChI=1S/C18H22N4O2S/c1-3-11(2)14(19-15(23)12-7-5-4-6-8-12)16(24)20-18-22-21-17(25-18)13-9-10-13/h4-8,11,13-14H,3,9-10H2,1-2H3,(H,19,23)(H,20,22,24). The summed E-state index contributed by atoms with van der Waals surface area (Å²) in [7, 11) is 0. The molecule has 2 amide bonds. The number of aromatic nitrogens is 2. The van der Waals surface area contributed by atoms with E-state index in [9.17, 15) is 9.59 Å². The second kappa shape index (κ2) is 7.74. The van der Waals surface area contributed by atoms with Crippen LogP contribution < -0.4 is 10.6 Å². The maximum absolute atomic E-state index is 12.7. The van der Waals surface area contributed by atoms with Crippen LogP contribution in [0.1, 0.15) is 54.4 Å². The molecule has 3 rings (SSSR count). The van der Waals surface area contributed by atoms with Crippen LogP contribution in [-0.4, -0.2) is 28.1 Å². The first-order chi connectivity index (χ1) is 12.1. The highest BCUT2D eigenvalue weighted by atomic mass is 32.1. The molecule has 2 atom stereocenters. The Kier molecular flexibility index (Phi) is 5.43. The molecule has 1 heterocycles. The van der Waals surface area contributed by atoms with Gasteiger partial charge in [0.2, 0.25) is 11.0 Å². The maximum atomic E-state index is 12.7. The monoisotopic (exact) mass is 358 g/mol. The van der Waals surface area contributed by atoms with Crippen molar-refractivity contribution < 1.29 is 9.59 Å². The van der Waals surface area contributed by atoms with Gasteiger partial charge in [-0.25, -0.2) is 0 Å². The van der Waals surface area contributed by atoms with Crippen molar-refractivity contribution in [2.24, 2.45) is 5.92 Å². The fraction of sp³-hybridized carbons (Fsp3) is 0.444. The molecule has 1 aliphatic carbocycles. The third kappa shape index (κ3) is 4.42. The molecule has 2 N–H and O–H groups in total. The molecule has 1 aromatic heterocycles. The number of nitrogens with zero attached hydrogens (tertiary/aromatic N) is 2. The van der Waals surface area contributed by atoms with Crippen molar-refractivity contribution in [2.45, 2.75) is 45.1 Å². The van der Waals surface area contributed by atoms with Gasteiger partial charge in [0.1, 0.15) is 11.0 Å². The van der Waals surface area contributed by atoms with Crippen molar-refractivity contribution in [3.8, 4) is 0 Å². The molecule has 0 bridgehead atoms. The molecule has 0 saturated heterocycles. The Balaban J connectivity index is 1.68. The van der Waals surface area contributed by atoms with Gasteiger partial charge in [0, 0.05) is 11.5 Å². The second-order valence-electron chi connectivity index (χ2n) is 6.41. The van der Waals surface area contributed by atoms with Crippen molar-refractivity contribution in [1.82, 2.24) is 15.5 Å². The topological polar surface area (TPSA) is 84.0 Å². The fourth-order valence-electron chi connectivity index (χ4n) is 2.48. The number of rotatable bonds is 7. The van der Waals surface area contributed by atoms with Crippen molar-refractivity contribution in [2.75, 3.05) is 5.32 Å². The number of hydrogen-bond acceptors (Lipinski definition) is 5. The predicted octanol–water partition coefficient (Wildman–Crippen LogP) is 3.20. The van der Waals surface area contributed by atoms with Gasteiger partial charge in [-0.3, -0.25) is 14.9 Å². The van der Waals surface area contributed by atoms with Gasteiger partial charge in [0.25, 0.3) is 5.91 Å². The van der Waals surface area contributed by atoms with Crippen LogP contribution in [0.15, 0.2) is 30.3 Å². The molecule has 1 aliphatic rings. The first kappa shape index (κ1) is 17.5. The summed E-state index contributed by atoms with van der Waals surface area (Å²) >= 11 is 1.42. The summed E-state index contributed by atoms with van der Waals surface area (Å²) in [5.74, 6) is 0.00361. The van der Waals surface area contributed by atoms with Gasteiger partial charge in [-0.1, -0.05) is 49.8 Å².